The summed E-state index contributed by atoms with van der Waals surface area (Å²) in [7, 11) is 1.99. The molecule has 0 saturated heterocycles. The summed E-state index contributed by atoms with van der Waals surface area (Å²) in [4.78, 5) is 17.0. The van der Waals surface area contributed by atoms with Gasteiger partial charge in [0.25, 0.3) is 5.91 Å². The van der Waals surface area contributed by atoms with Crippen molar-refractivity contribution in [1.82, 2.24) is 14.8 Å². The molecular formula is C26H33N7O. The van der Waals surface area contributed by atoms with Crippen LogP contribution in [0.15, 0.2) is 24.3 Å². The zero-order valence-corrected chi connectivity index (χ0v) is 20.2. The summed E-state index contributed by atoms with van der Waals surface area (Å²) in [6.07, 6.45) is 7.76. The first-order chi connectivity index (χ1) is 16.3. The second-order valence-corrected chi connectivity index (χ2v) is 9.95. The van der Waals surface area contributed by atoms with Gasteiger partial charge in [0.1, 0.15) is 11.6 Å². The van der Waals surface area contributed by atoms with Gasteiger partial charge in [-0.25, -0.2) is 4.98 Å². The monoisotopic (exact) mass is 459 g/mol. The number of primary amides is 1. The fourth-order valence-corrected chi connectivity index (χ4v) is 5.38. The van der Waals surface area contributed by atoms with Crippen LogP contribution in [0.1, 0.15) is 79.4 Å². The van der Waals surface area contributed by atoms with Gasteiger partial charge in [-0.2, -0.15) is 5.10 Å². The summed E-state index contributed by atoms with van der Waals surface area (Å²) < 4.78 is 1.95. The quantitative estimate of drug-likeness (QED) is 0.364. The zero-order chi connectivity index (χ0) is 24.0. The van der Waals surface area contributed by atoms with Crippen LogP contribution in [0.2, 0.25) is 0 Å². The molecule has 1 amide bonds. The average Bonchev–Trinajstić information content (AvgIpc) is 3.40. The number of carbonyl (C=O) groups is 1. The number of pyridine rings is 1. The normalized spacial score (nSPS) is 17.5. The number of fused-ring (bicyclic) bond motifs is 1. The number of amides is 1. The van der Waals surface area contributed by atoms with E-state index in [9.17, 15) is 4.79 Å². The molecule has 1 aromatic carbocycles. The number of hydrogen-bond acceptors (Lipinski definition) is 6. The van der Waals surface area contributed by atoms with Gasteiger partial charge >= 0.3 is 0 Å². The molecular weight excluding hydrogens is 426 g/mol. The fraction of sp³-hybridized carbons (Fsp3) is 0.462. The van der Waals surface area contributed by atoms with Crippen molar-refractivity contribution < 1.29 is 4.79 Å². The number of rotatable bonds is 7. The molecule has 2 fully saturated rings. The van der Waals surface area contributed by atoms with E-state index in [1.165, 1.54) is 25.7 Å². The molecule has 0 bridgehead atoms. The summed E-state index contributed by atoms with van der Waals surface area (Å²) in [5.41, 5.74) is 10.2. The van der Waals surface area contributed by atoms with Crippen LogP contribution in [0.5, 0.6) is 0 Å². The lowest BCUT2D eigenvalue weighted by Crippen LogP contribution is -2.51. The lowest BCUT2D eigenvalue weighted by molar-refractivity contribution is 0.100. The van der Waals surface area contributed by atoms with Crippen LogP contribution in [0.3, 0.4) is 0 Å². The number of anilines is 3. The summed E-state index contributed by atoms with van der Waals surface area (Å²) in [6, 6.07) is 7.92. The molecule has 178 valence electrons. The fourth-order valence-electron chi connectivity index (χ4n) is 5.38. The van der Waals surface area contributed by atoms with Crippen molar-refractivity contribution >= 4 is 39.8 Å². The molecule has 8 nitrogen and oxygen atoms in total. The maximum Gasteiger partial charge on any atom is 0.252 e. The maximum atomic E-state index is 12.3. The number of carbonyl (C=O) groups excluding carboxylic acids is 1. The van der Waals surface area contributed by atoms with E-state index in [4.69, 9.17) is 21.2 Å². The molecule has 2 aliphatic carbocycles. The Bertz CT molecular complexity index is 1280. The summed E-state index contributed by atoms with van der Waals surface area (Å²) in [5, 5.41) is 21.1. The van der Waals surface area contributed by atoms with Gasteiger partial charge in [-0.1, -0.05) is 12.8 Å². The first-order valence-corrected chi connectivity index (χ1v) is 12.2. The molecule has 2 aromatic heterocycles. The lowest BCUT2D eigenvalue weighted by atomic mass is 9.73. The predicted molar refractivity (Wildman–Crippen MR) is 136 cm³/mol. The van der Waals surface area contributed by atoms with Crippen LogP contribution in [0.25, 0.3) is 10.9 Å². The van der Waals surface area contributed by atoms with Crippen LogP contribution in [-0.2, 0) is 7.05 Å². The first-order valence-electron chi connectivity index (χ1n) is 12.2. The van der Waals surface area contributed by atoms with Crippen molar-refractivity contribution in [2.45, 2.75) is 70.3 Å². The summed E-state index contributed by atoms with van der Waals surface area (Å²) in [6.45, 7) is 3.75. The van der Waals surface area contributed by atoms with Gasteiger partial charge in [0, 0.05) is 29.8 Å². The minimum Gasteiger partial charge on any atom is -0.365 e. The molecule has 2 heterocycles. The highest BCUT2D eigenvalue weighted by molar-refractivity contribution is 5.99. The Labute approximate surface area is 199 Å². The van der Waals surface area contributed by atoms with Crippen molar-refractivity contribution in [1.29, 1.82) is 5.41 Å². The third kappa shape index (κ3) is 3.81. The highest BCUT2D eigenvalue weighted by Crippen LogP contribution is 2.39. The molecule has 0 aliphatic heterocycles. The summed E-state index contributed by atoms with van der Waals surface area (Å²) in [5.74, 6) is 1.06. The number of hydrogen-bond donors (Lipinski definition) is 4. The van der Waals surface area contributed by atoms with Crippen molar-refractivity contribution in [3.8, 4) is 0 Å². The van der Waals surface area contributed by atoms with Crippen molar-refractivity contribution in [3.05, 3.63) is 41.1 Å². The maximum absolute atomic E-state index is 12.3. The van der Waals surface area contributed by atoms with E-state index in [0.29, 0.717) is 28.8 Å². The second kappa shape index (κ2) is 8.42. The Morgan fingerprint density at radius 1 is 1.18 bits per heavy atom. The smallest absolute Gasteiger partial charge is 0.252 e. The van der Waals surface area contributed by atoms with E-state index in [1.807, 2.05) is 31.6 Å². The average molecular weight is 460 g/mol. The third-order valence-corrected chi connectivity index (χ3v) is 7.64. The molecule has 0 unspecified atom stereocenters. The van der Waals surface area contributed by atoms with Crippen LogP contribution < -0.4 is 16.4 Å². The predicted octanol–water partition coefficient (Wildman–Crippen LogP) is 5.15. The van der Waals surface area contributed by atoms with Crippen molar-refractivity contribution in [2.75, 3.05) is 10.6 Å². The van der Waals surface area contributed by atoms with Crippen molar-refractivity contribution in [3.63, 3.8) is 0 Å². The Hall–Kier alpha value is -3.42. The van der Waals surface area contributed by atoms with E-state index < -0.39 is 5.91 Å². The zero-order valence-electron chi connectivity index (χ0n) is 20.2. The number of nitrogens with one attached hydrogen (secondary N) is 3. The molecule has 5 N–H and O–H groups in total. The van der Waals surface area contributed by atoms with E-state index >= 15 is 0 Å². The number of benzene rings is 1. The largest absolute Gasteiger partial charge is 0.365 e. The Morgan fingerprint density at radius 2 is 1.91 bits per heavy atom. The van der Waals surface area contributed by atoms with Gasteiger partial charge in [0.15, 0.2) is 0 Å². The van der Waals surface area contributed by atoms with Gasteiger partial charge in [-0.15, -0.1) is 0 Å². The molecule has 5 rings (SSSR count). The Kier molecular flexibility index (Phi) is 5.54. The van der Waals surface area contributed by atoms with E-state index in [1.54, 1.807) is 6.07 Å². The van der Waals surface area contributed by atoms with Crippen LogP contribution in [0, 0.1) is 12.3 Å². The van der Waals surface area contributed by atoms with E-state index in [0.717, 1.165) is 47.1 Å². The number of aryl methyl sites for hydroxylation is 2. The number of aromatic nitrogens is 3. The van der Waals surface area contributed by atoms with E-state index in [-0.39, 0.29) is 5.54 Å². The Morgan fingerprint density at radius 3 is 2.53 bits per heavy atom. The highest BCUT2D eigenvalue weighted by Gasteiger charge is 2.39. The van der Waals surface area contributed by atoms with Gasteiger partial charge in [-0.3, -0.25) is 9.48 Å². The molecule has 3 aromatic rings. The summed E-state index contributed by atoms with van der Waals surface area (Å²) >= 11 is 0. The van der Waals surface area contributed by atoms with Crippen LogP contribution >= 0.6 is 0 Å². The minimum atomic E-state index is -0.527. The number of nitrogens with two attached hydrogens (primary N) is 1. The molecule has 2 saturated carbocycles. The van der Waals surface area contributed by atoms with Gasteiger partial charge in [0.2, 0.25) is 0 Å². The Balaban J connectivity index is 1.52. The first kappa shape index (κ1) is 22.4. The molecule has 0 radical (unpaired) electrons. The van der Waals surface area contributed by atoms with E-state index in [2.05, 4.69) is 22.8 Å². The SMILES string of the molecule is CC(=N)C1(Nc2nc(Nc3ccc4c(c3)c(C3CCCC3)nn4C)c(C(N)=O)cc2C)CCC1. The topological polar surface area (TPSA) is 122 Å². The second-order valence-electron chi connectivity index (χ2n) is 9.95. The van der Waals surface area contributed by atoms with Gasteiger partial charge in [-0.05, 0) is 75.8 Å². The molecule has 8 heteroatoms. The highest BCUT2D eigenvalue weighted by atomic mass is 16.1. The van der Waals surface area contributed by atoms with Gasteiger partial charge in [0.05, 0.1) is 22.3 Å². The molecule has 0 spiro atoms. The van der Waals surface area contributed by atoms with Gasteiger partial charge < -0.3 is 21.8 Å². The van der Waals surface area contributed by atoms with Crippen LogP contribution in [-0.4, -0.2) is 31.9 Å². The standard InChI is InChI=1S/C26H33N7O/c1-15-13-20(23(28)34)25(30-24(15)31-26(16(2)27)11-6-12-26)29-18-9-10-21-19(14-18)22(32-33(21)3)17-7-4-5-8-17/h9-10,13-14,17,27H,4-8,11-12H2,1-3H3,(H2,28,34)(H2,29,30,31). The molecule has 34 heavy (non-hydrogen) atoms. The minimum absolute atomic E-state index is 0.347. The number of nitrogens with zero attached hydrogens (tertiary/aromatic N) is 3. The van der Waals surface area contributed by atoms with Crippen LogP contribution in [0.4, 0.5) is 17.3 Å². The molecule has 0 atom stereocenters. The van der Waals surface area contributed by atoms with Crippen molar-refractivity contribution in [2.24, 2.45) is 12.8 Å². The third-order valence-electron chi connectivity index (χ3n) is 7.64. The lowest BCUT2D eigenvalue weighted by Gasteiger charge is -2.43. The molecule has 2 aliphatic rings.